The van der Waals surface area contributed by atoms with Gasteiger partial charge in [0.25, 0.3) is 0 Å². The Hall–Kier alpha value is -2.16. The molecule has 3 heteroatoms. The molecular weight excluding hydrogens is 238 g/mol. The van der Waals surface area contributed by atoms with E-state index in [0.29, 0.717) is 11.4 Å². The Morgan fingerprint density at radius 1 is 1.16 bits per heavy atom. The van der Waals surface area contributed by atoms with E-state index in [1.807, 2.05) is 30.3 Å². The molecular formula is C16H15NO2. The van der Waals surface area contributed by atoms with Crippen LogP contribution in [0.4, 0.5) is 0 Å². The van der Waals surface area contributed by atoms with Crippen molar-refractivity contribution < 1.29 is 9.53 Å². The standard InChI is InChI=1S/C16H15NO2/c1-19-13-8-5-11-17-14(13)15(18)16(9-10-16)12-6-3-2-4-7-12/h2-8,11H,9-10H2,1H3. The number of methoxy groups -OCH3 is 1. The second-order valence-corrected chi connectivity index (χ2v) is 4.83. The van der Waals surface area contributed by atoms with Crippen LogP contribution in [0.25, 0.3) is 0 Å². The van der Waals surface area contributed by atoms with Gasteiger partial charge in [-0.3, -0.25) is 4.79 Å². The number of benzene rings is 1. The van der Waals surface area contributed by atoms with E-state index in [0.717, 1.165) is 18.4 Å². The van der Waals surface area contributed by atoms with Crippen molar-refractivity contribution in [3.63, 3.8) is 0 Å². The summed E-state index contributed by atoms with van der Waals surface area (Å²) >= 11 is 0. The molecule has 2 aromatic rings. The van der Waals surface area contributed by atoms with Crippen molar-refractivity contribution in [2.75, 3.05) is 7.11 Å². The van der Waals surface area contributed by atoms with Crippen molar-refractivity contribution in [3.8, 4) is 5.75 Å². The maximum absolute atomic E-state index is 12.8. The summed E-state index contributed by atoms with van der Waals surface area (Å²) in [5.41, 5.74) is 1.13. The molecule has 0 N–H and O–H groups in total. The molecule has 1 aliphatic rings. The summed E-state index contributed by atoms with van der Waals surface area (Å²) in [6, 6.07) is 13.5. The van der Waals surface area contributed by atoms with Gasteiger partial charge in [-0.25, -0.2) is 4.98 Å². The van der Waals surface area contributed by atoms with Gasteiger partial charge in [-0.05, 0) is 30.5 Å². The number of ketones is 1. The number of carbonyl (C=O) groups is 1. The Kier molecular flexibility index (Phi) is 2.82. The van der Waals surface area contributed by atoms with Crippen LogP contribution in [0.2, 0.25) is 0 Å². The minimum atomic E-state index is -0.386. The van der Waals surface area contributed by atoms with Gasteiger partial charge < -0.3 is 4.74 Å². The molecule has 0 radical (unpaired) electrons. The van der Waals surface area contributed by atoms with E-state index in [1.54, 1.807) is 25.4 Å². The number of carbonyl (C=O) groups excluding carboxylic acids is 1. The van der Waals surface area contributed by atoms with Gasteiger partial charge in [-0.15, -0.1) is 0 Å². The van der Waals surface area contributed by atoms with Crippen LogP contribution in [0.5, 0.6) is 5.75 Å². The van der Waals surface area contributed by atoms with Crippen molar-refractivity contribution in [3.05, 3.63) is 59.9 Å². The summed E-state index contributed by atoms with van der Waals surface area (Å²) in [5.74, 6) is 0.617. The van der Waals surface area contributed by atoms with Gasteiger partial charge in [0.1, 0.15) is 11.4 Å². The molecule has 1 aromatic heterocycles. The molecule has 0 amide bonds. The van der Waals surface area contributed by atoms with Gasteiger partial charge in [-0.2, -0.15) is 0 Å². The Morgan fingerprint density at radius 2 is 1.89 bits per heavy atom. The molecule has 1 heterocycles. The van der Waals surface area contributed by atoms with Crippen LogP contribution < -0.4 is 4.74 Å². The molecule has 0 saturated heterocycles. The lowest BCUT2D eigenvalue weighted by Gasteiger charge is -2.15. The molecule has 1 aromatic carbocycles. The van der Waals surface area contributed by atoms with Crippen LogP contribution in [-0.4, -0.2) is 17.9 Å². The van der Waals surface area contributed by atoms with E-state index < -0.39 is 0 Å². The number of pyridine rings is 1. The Bertz CT molecular complexity index is 603. The van der Waals surface area contributed by atoms with E-state index in [1.165, 1.54) is 0 Å². The number of ether oxygens (including phenoxy) is 1. The SMILES string of the molecule is COc1cccnc1C(=O)C1(c2ccccc2)CC1. The monoisotopic (exact) mass is 253 g/mol. The zero-order valence-electron chi connectivity index (χ0n) is 10.8. The molecule has 0 spiro atoms. The largest absolute Gasteiger partial charge is 0.494 e. The molecule has 0 atom stereocenters. The number of hydrogen-bond acceptors (Lipinski definition) is 3. The van der Waals surface area contributed by atoms with Gasteiger partial charge in [0.2, 0.25) is 0 Å². The first-order valence-corrected chi connectivity index (χ1v) is 6.37. The fourth-order valence-corrected chi connectivity index (χ4v) is 2.48. The Labute approximate surface area is 112 Å². The maximum Gasteiger partial charge on any atom is 0.195 e. The summed E-state index contributed by atoms with van der Waals surface area (Å²) in [5, 5.41) is 0. The summed E-state index contributed by atoms with van der Waals surface area (Å²) in [7, 11) is 1.57. The smallest absolute Gasteiger partial charge is 0.195 e. The molecule has 1 aliphatic carbocycles. The molecule has 19 heavy (non-hydrogen) atoms. The van der Waals surface area contributed by atoms with E-state index in [9.17, 15) is 4.79 Å². The molecule has 0 unspecified atom stereocenters. The minimum absolute atomic E-state index is 0.0659. The number of Topliss-reactive ketones (excluding diaryl/α,β-unsaturated/α-hetero) is 1. The molecule has 1 fully saturated rings. The topological polar surface area (TPSA) is 39.2 Å². The van der Waals surface area contributed by atoms with Crippen molar-refractivity contribution in [1.29, 1.82) is 0 Å². The predicted octanol–water partition coefficient (Wildman–Crippen LogP) is 3.00. The highest BCUT2D eigenvalue weighted by Gasteiger charge is 2.52. The van der Waals surface area contributed by atoms with E-state index in [-0.39, 0.29) is 11.2 Å². The summed E-state index contributed by atoms with van der Waals surface area (Å²) in [6.07, 6.45) is 3.40. The van der Waals surface area contributed by atoms with Crippen LogP contribution in [0.1, 0.15) is 28.9 Å². The van der Waals surface area contributed by atoms with Crippen molar-refractivity contribution in [2.24, 2.45) is 0 Å². The lowest BCUT2D eigenvalue weighted by atomic mass is 9.89. The van der Waals surface area contributed by atoms with Gasteiger partial charge in [0.15, 0.2) is 5.78 Å². The third kappa shape index (κ3) is 1.91. The zero-order chi connectivity index (χ0) is 13.3. The van der Waals surface area contributed by atoms with Gasteiger partial charge >= 0.3 is 0 Å². The molecule has 96 valence electrons. The fraction of sp³-hybridized carbons (Fsp3) is 0.250. The minimum Gasteiger partial charge on any atom is -0.494 e. The molecule has 3 rings (SSSR count). The highest BCUT2D eigenvalue weighted by atomic mass is 16.5. The predicted molar refractivity (Wildman–Crippen MR) is 72.5 cm³/mol. The van der Waals surface area contributed by atoms with Crippen LogP contribution in [0.15, 0.2) is 48.7 Å². The molecule has 0 aliphatic heterocycles. The Balaban J connectivity index is 2.01. The Morgan fingerprint density at radius 3 is 2.53 bits per heavy atom. The maximum atomic E-state index is 12.8. The fourth-order valence-electron chi connectivity index (χ4n) is 2.48. The number of aromatic nitrogens is 1. The van der Waals surface area contributed by atoms with Crippen LogP contribution >= 0.6 is 0 Å². The highest BCUT2D eigenvalue weighted by molar-refractivity contribution is 6.06. The molecule has 0 bridgehead atoms. The first kappa shape index (κ1) is 11.9. The van der Waals surface area contributed by atoms with E-state index in [2.05, 4.69) is 4.98 Å². The van der Waals surface area contributed by atoms with Crippen LogP contribution in [0, 0.1) is 0 Å². The number of nitrogens with zero attached hydrogens (tertiary/aromatic N) is 1. The quantitative estimate of drug-likeness (QED) is 0.786. The van der Waals surface area contributed by atoms with Crippen molar-refractivity contribution in [1.82, 2.24) is 4.98 Å². The van der Waals surface area contributed by atoms with Crippen molar-refractivity contribution >= 4 is 5.78 Å². The van der Waals surface area contributed by atoms with Gasteiger partial charge in [0, 0.05) is 6.20 Å². The van der Waals surface area contributed by atoms with Crippen LogP contribution in [-0.2, 0) is 5.41 Å². The zero-order valence-corrected chi connectivity index (χ0v) is 10.8. The molecule has 1 saturated carbocycles. The normalized spacial score (nSPS) is 15.8. The van der Waals surface area contributed by atoms with Crippen LogP contribution in [0.3, 0.4) is 0 Å². The lowest BCUT2D eigenvalue weighted by molar-refractivity contribution is 0.0937. The molecule has 3 nitrogen and oxygen atoms in total. The first-order valence-electron chi connectivity index (χ1n) is 6.37. The third-order valence-corrected chi connectivity index (χ3v) is 3.72. The lowest BCUT2D eigenvalue weighted by Crippen LogP contribution is -2.22. The highest BCUT2D eigenvalue weighted by Crippen LogP contribution is 2.50. The summed E-state index contributed by atoms with van der Waals surface area (Å²) < 4.78 is 5.24. The van der Waals surface area contributed by atoms with Gasteiger partial charge in [0.05, 0.1) is 12.5 Å². The van der Waals surface area contributed by atoms with E-state index in [4.69, 9.17) is 4.74 Å². The second kappa shape index (κ2) is 4.50. The first-order chi connectivity index (χ1) is 9.28. The van der Waals surface area contributed by atoms with Gasteiger partial charge in [-0.1, -0.05) is 30.3 Å². The third-order valence-electron chi connectivity index (χ3n) is 3.72. The number of hydrogen-bond donors (Lipinski definition) is 0. The summed E-state index contributed by atoms with van der Waals surface area (Å²) in [4.78, 5) is 17.0. The van der Waals surface area contributed by atoms with E-state index >= 15 is 0 Å². The summed E-state index contributed by atoms with van der Waals surface area (Å²) in [6.45, 7) is 0. The van der Waals surface area contributed by atoms with Crippen molar-refractivity contribution in [2.45, 2.75) is 18.3 Å². The second-order valence-electron chi connectivity index (χ2n) is 4.83. The average molecular weight is 253 g/mol. The average Bonchev–Trinajstić information content (AvgIpc) is 3.29. The number of rotatable bonds is 4.